The third kappa shape index (κ3) is 2.27. The Bertz CT molecular complexity index is 787. The van der Waals surface area contributed by atoms with Crippen LogP contribution < -0.4 is 10.9 Å². The van der Waals surface area contributed by atoms with Crippen LogP contribution in [0.4, 0.5) is 5.13 Å². The highest BCUT2D eigenvalue weighted by atomic mass is 32.1. The van der Waals surface area contributed by atoms with E-state index in [1.165, 1.54) is 24.1 Å². The van der Waals surface area contributed by atoms with Crippen molar-refractivity contribution < 1.29 is 0 Å². The predicted molar refractivity (Wildman–Crippen MR) is 102 cm³/mol. The molecule has 24 heavy (non-hydrogen) atoms. The number of allylic oxidation sites excluding steroid dienone is 2. The van der Waals surface area contributed by atoms with Gasteiger partial charge in [-0.2, -0.15) is 0 Å². The average Bonchev–Trinajstić information content (AvgIpc) is 3.16. The van der Waals surface area contributed by atoms with Crippen molar-refractivity contribution in [3.8, 4) is 11.3 Å². The molecule has 0 spiro atoms. The largest absolute Gasteiger partial charge is 0.303 e. The van der Waals surface area contributed by atoms with Crippen LogP contribution in [-0.4, -0.2) is 4.98 Å². The van der Waals surface area contributed by atoms with Crippen LogP contribution in [0.5, 0.6) is 0 Å². The van der Waals surface area contributed by atoms with E-state index >= 15 is 0 Å². The van der Waals surface area contributed by atoms with E-state index in [0.29, 0.717) is 11.3 Å². The molecule has 1 heterocycles. The lowest BCUT2D eigenvalue weighted by Gasteiger charge is -2.37. The molecule has 2 N–H and O–H groups in total. The number of hydrogen-bond acceptors (Lipinski definition) is 4. The van der Waals surface area contributed by atoms with Gasteiger partial charge in [-0.1, -0.05) is 56.7 Å². The van der Waals surface area contributed by atoms with Crippen molar-refractivity contribution >= 4 is 16.5 Å². The standard InChI is InChI=1S/C20H25N3S/c1-13-5-7-14(8-6-13)16-12-24-18(21-16)23-22-17-11-15-9-10-20(17,4)19(15,2)3/h5-8,11-12,15,22H,9-10H2,1-4H3,(H,21,23)/t15-,20+/m1/s1. The number of nitrogens with one attached hydrogen (secondary N) is 2. The molecule has 1 fully saturated rings. The highest BCUT2D eigenvalue weighted by Gasteiger charge is 2.57. The summed E-state index contributed by atoms with van der Waals surface area (Å²) in [6.45, 7) is 9.29. The van der Waals surface area contributed by atoms with E-state index in [1.807, 2.05) is 0 Å². The minimum absolute atomic E-state index is 0.238. The second-order valence-corrected chi connectivity index (χ2v) is 8.79. The van der Waals surface area contributed by atoms with Gasteiger partial charge >= 0.3 is 0 Å². The summed E-state index contributed by atoms with van der Waals surface area (Å²) in [5.74, 6) is 0.686. The van der Waals surface area contributed by atoms with E-state index < -0.39 is 0 Å². The van der Waals surface area contributed by atoms with Gasteiger partial charge in [0.05, 0.1) is 5.69 Å². The van der Waals surface area contributed by atoms with E-state index in [0.717, 1.165) is 16.4 Å². The third-order valence-electron chi connectivity index (χ3n) is 6.42. The first kappa shape index (κ1) is 15.7. The fraction of sp³-hybridized carbons (Fsp3) is 0.450. The van der Waals surface area contributed by atoms with Gasteiger partial charge in [-0.05, 0) is 31.1 Å². The zero-order valence-corrected chi connectivity index (χ0v) is 15.6. The number of aromatic nitrogens is 1. The number of hydrazine groups is 1. The zero-order valence-electron chi connectivity index (χ0n) is 14.8. The number of anilines is 1. The lowest BCUT2D eigenvalue weighted by Crippen LogP contribution is -2.37. The molecule has 0 aliphatic heterocycles. The maximum Gasteiger partial charge on any atom is 0.202 e. The maximum absolute atomic E-state index is 4.71. The molecule has 2 bridgehead atoms. The van der Waals surface area contributed by atoms with E-state index in [2.05, 4.69) is 74.3 Å². The van der Waals surface area contributed by atoms with Gasteiger partial charge in [0.2, 0.25) is 5.13 Å². The summed E-state index contributed by atoms with van der Waals surface area (Å²) in [7, 11) is 0. The highest BCUT2D eigenvalue weighted by Crippen LogP contribution is 2.64. The number of hydrogen-bond donors (Lipinski definition) is 2. The SMILES string of the molecule is Cc1ccc(-c2csc(NNC3=C[C@H]4CC[C@]3(C)C4(C)C)n2)cc1. The molecular formula is C20H25N3S. The summed E-state index contributed by atoms with van der Waals surface area (Å²) >= 11 is 1.64. The maximum atomic E-state index is 4.71. The molecule has 3 nitrogen and oxygen atoms in total. The predicted octanol–water partition coefficient (Wildman–Crippen LogP) is 5.38. The molecule has 126 valence electrons. The van der Waals surface area contributed by atoms with Gasteiger partial charge in [0.1, 0.15) is 0 Å². The van der Waals surface area contributed by atoms with Crippen LogP contribution in [0.2, 0.25) is 0 Å². The Morgan fingerprint density at radius 2 is 1.88 bits per heavy atom. The van der Waals surface area contributed by atoms with Crippen LogP contribution in [0.1, 0.15) is 39.2 Å². The van der Waals surface area contributed by atoms with E-state index in [-0.39, 0.29) is 5.41 Å². The van der Waals surface area contributed by atoms with E-state index in [9.17, 15) is 0 Å². The van der Waals surface area contributed by atoms with Crippen LogP contribution in [0.15, 0.2) is 41.4 Å². The molecule has 0 radical (unpaired) electrons. The first-order valence-corrected chi connectivity index (χ1v) is 9.55. The molecule has 2 aliphatic rings. The minimum Gasteiger partial charge on any atom is -0.303 e. The number of thiazole rings is 1. The van der Waals surface area contributed by atoms with Crippen LogP contribution in [0, 0.1) is 23.7 Å². The second-order valence-electron chi connectivity index (χ2n) is 7.93. The lowest BCUT2D eigenvalue weighted by molar-refractivity contribution is 0.165. The fourth-order valence-corrected chi connectivity index (χ4v) is 4.86. The first-order valence-electron chi connectivity index (χ1n) is 8.67. The fourth-order valence-electron chi connectivity index (χ4n) is 4.18. The summed E-state index contributed by atoms with van der Waals surface area (Å²) < 4.78 is 0. The zero-order chi connectivity index (χ0) is 16.9. The summed E-state index contributed by atoms with van der Waals surface area (Å²) in [6, 6.07) is 8.51. The van der Waals surface area contributed by atoms with Crippen LogP contribution in [0.3, 0.4) is 0 Å². The summed E-state index contributed by atoms with van der Waals surface area (Å²) in [4.78, 5) is 4.71. The topological polar surface area (TPSA) is 37.0 Å². The number of nitrogens with zero attached hydrogens (tertiary/aromatic N) is 1. The van der Waals surface area contributed by atoms with E-state index in [4.69, 9.17) is 4.98 Å². The Balaban J connectivity index is 1.46. The molecular weight excluding hydrogens is 314 g/mol. The van der Waals surface area contributed by atoms with Crippen molar-refractivity contribution in [2.24, 2.45) is 16.7 Å². The molecule has 2 aliphatic carbocycles. The van der Waals surface area contributed by atoms with Crippen LogP contribution in [-0.2, 0) is 0 Å². The van der Waals surface area contributed by atoms with E-state index in [1.54, 1.807) is 11.3 Å². The molecule has 4 rings (SSSR count). The molecule has 2 aromatic rings. The molecule has 0 unspecified atom stereocenters. The molecule has 1 saturated carbocycles. The molecule has 0 amide bonds. The van der Waals surface area contributed by atoms with Gasteiger partial charge in [0.25, 0.3) is 0 Å². The first-order chi connectivity index (χ1) is 11.4. The van der Waals surface area contributed by atoms with Gasteiger partial charge in [-0.15, -0.1) is 11.3 Å². The molecule has 0 saturated heterocycles. The normalized spacial score (nSPS) is 27.2. The third-order valence-corrected chi connectivity index (χ3v) is 7.18. The monoisotopic (exact) mass is 339 g/mol. The summed E-state index contributed by atoms with van der Waals surface area (Å²) in [5.41, 5.74) is 12.2. The Hall–Kier alpha value is -1.81. The van der Waals surface area contributed by atoms with Gasteiger partial charge in [0, 0.05) is 22.1 Å². The number of rotatable bonds is 4. The van der Waals surface area contributed by atoms with Crippen molar-refractivity contribution in [1.29, 1.82) is 0 Å². The van der Waals surface area contributed by atoms with Crippen molar-refractivity contribution in [3.63, 3.8) is 0 Å². The Kier molecular flexibility index (Phi) is 3.50. The Labute approximate surface area is 148 Å². The summed E-state index contributed by atoms with van der Waals surface area (Å²) in [6.07, 6.45) is 4.99. The number of benzene rings is 1. The van der Waals surface area contributed by atoms with Crippen LogP contribution >= 0.6 is 11.3 Å². The van der Waals surface area contributed by atoms with Crippen molar-refractivity contribution in [2.75, 3.05) is 5.43 Å². The molecule has 2 atom stereocenters. The lowest BCUT2D eigenvalue weighted by atomic mass is 9.69. The Morgan fingerprint density at radius 1 is 1.12 bits per heavy atom. The van der Waals surface area contributed by atoms with Crippen molar-refractivity contribution in [1.82, 2.24) is 10.4 Å². The summed E-state index contributed by atoms with van der Waals surface area (Å²) in [5, 5.41) is 3.02. The van der Waals surface area contributed by atoms with Gasteiger partial charge in [0.15, 0.2) is 0 Å². The minimum atomic E-state index is 0.238. The smallest absolute Gasteiger partial charge is 0.202 e. The van der Waals surface area contributed by atoms with Crippen molar-refractivity contribution in [2.45, 2.75) is 40.5 Å². The Morgan fingerprint density at radius 3 is 2.50 bits per heavy atom. The molecule has 4 heteroatoms. The second kappa shape index (κ2) is 5.35. The van der Waals surface area contributed by atoms with Gasteiger partial charge < -0.3 is 5.43 Å². The van der Waals surface area contributed by atoms with Crippen molar-refractivity contribution in [3.05, 3.63) is 47.0 Å². The molecule has 1 aromatic carbocycles. The van der Waals surface area contributed by atoms with Gasteiger partial charge in [-0.25, -0.2) is 4.98 Å². The average molecular weight is 340 g/mol. The quantitative estimate of drug-likeness (QED) is 0.735. The van der Waals surface area contributed by atoms with Crippen LogP contribution in [0.25, 0.3) is 11.3 Å². The number of fused-ring (bicyclic) bond motifs is 2. The van der Waals surface area contributed by atoms with Gasteiger partial charge in [-0.3, -0.25) is 5.43 Å². The molecule has 1 aromatic heterocycles. The number of aryl methyl sites for hydroxylation is 1. The highest BCUT2D eigenvalue weighted by molar-refractivity contribution is 7.14.